The molecular formula is C24H30FN3O2. The van der Waals surface area contributed by atoms with E-state index in [1.165, 1.54) is 0 Å². The van der Waals surface area contributed by atoms with Crippen LogP contribution in [-0.4, -0.2) is 11.0 Å². The van der Waals surface area contributed by atoms with Crippen LogP contribution in [0.3, 0.4) is 0 Å². The van der Waals surface area contributed by atoms with Crippen LogP contribution in [0.2, 0.25) is 0 Å². The first kappa shape index (κ1) is 23.0. The van der Waals surface area contributed by atoms with E-state index in [4.69, 9.17) is 4.84 Å². The molecular weight excluding hydrogens is 381 g/mol. The van der Waals surface area contributed by atoms with Gasteiger partial charge in [0.25, 0.3) is 5.56 Å². The SMILES string of the molecule is C=C/C=C(\C)c1cc(NC(C)C)c(C(=C)C)c(N(F)Oc2c(C)cc(C)[nH]c2=O)c1. The molecule has 5 nitrogen and oxygen atoms in total. The zero-order chi connectivity index (χ0) is 22.6. The first-order valence-electron chi connectivity index (χ1n) is 9.79. The van der Waals surface area contributed by atoms with Gasteiger partial charge in [-0.3, -0.25) is 4.79 Å². The van der Waals surface area contributed by atoms with Crippen LogP contribution in [0, 0.1) is 13.8 Å². The first-order chi connectivity index (χ1) is 14.0. The topological polar surface area (TPSA) is 57.4 Å². The second-order valence-corrected chi connectivity index (χ2v) is 7.71. The number of anilines is 2. The Morgan fingerprint density at radius 1 is 1.27 bits per heavy atom. The van der Waals surface area contributed by atoms with Gasteiger partial charge in [-0.25, -0.2) is 0 Å². The minimum Gasteiger partial charge on any atom is -0.382 e. The van der Waals surface area contributed by atoms with Crippen molar-refractivity contribution in [1.29, 1.82) is 0 Å². The Morgan fingerprint density at radius 3 is 2.47 bits per heavy atom. The highest BCUT2D eigenvalue weighted by molar-refractivity contribution is 5.87. The van der Waals surface area contributed by atoms with Gasteiger partial charge in [0, 0.05) is 28.6 Å². The lowest BCUT2D eigenvalue weighted by atomic mass is 9.97. The molecule has 2 N–H and O–H groups in total. The van der Waals surface area contributed by atoms with Gasteiger partial charge in [-0.1, -0.05) is 29.8 Å². The molecule has 1 aromatic heterocycles. The molecule has 0 aliphatic heterocycles. The van der Waals surface area contributed by atoms with E-state index in [1.54, 1.807) is 39.0 Å². The number of hydrogen-bond donors (Lipinski definition) is 2. The predicted octanol–water partition coefficient (Wildman–Crippen LogP) is 6.12. The quantitative estimate of drug-likeness (QED) is 0.312. The number of aryl methyl sites for hydroxylation is 2. The Hall–Kier alpha value is -3.28. The highest BCUT2D eigenvalue weighted by Gasteiger charge is 2.22. The molecule has 0 saturated carbocycles. The molecule has 1 heterocycles. The summed E-state index contributed by atoms with van der Waals surface area (Å²) in [5.74, 6) is -0.0992. The standard InChI is InChI=1S/C24H30FN3O2/c1-9-10-16(6)19-12-20(26-15(4)5)22(14(2)3)21(13-19)28(25)30-23-17(7)11-18(8)27-24(23)29/h9-13,15,26H,1-2H2,3-8H3,(H,27,29)/b16-10+. The minimum atomic E-state index is -0.494. The van der Waals surface area contributed by atoms with Crippen molar-refractivity contribution in [1.82, 2.24) is 4.98 Å². The summed E-state index contributed by atoms with van der Waals surface area (Å²) in [4.78, 5) is 20.3. The van der Waals surface area contributed by atoms with E-state index in [9.17, 15) is 4.79 Å². The van der Waals surface area contributed by atoms with Crippen LogP contribution >= 0.6 is 0 Å². The third-order valence-electron chi connectivity index (χ3n) is 4.48. The van der Waals surface area contributed by atoms with Crippen LogP contribution in [-0.2, 0) is 0 Å². The number of nitrogens with one attached hydrogen (secondary N) is 2. The fourth-order valence-electron chi connectivity index (χ4n) is 3.22. The molecule has 0 saturated heterocycles. The van der Waals surface area contributed by atoms with Crippen molar-refractivity contribution < 1.29 is 9.32 Å². The van der Waals surface area contributed by atoms with Gasteiger partial charge >= 0.3 is 0 Å². The van der Waals surface area contributed by atoms with Crippen LogP contribution in [0.15, 0.2) is 48.3 Å². The molecule has 0 radical (unpaired) electrons. The Balaban J connectivity index is 2.67. The summed E-state index contributed by atoms with van der Waals surface area (Å²) in [5.41, 5.74) is 4.52. The van der Waals surface area contributed by atoms with Crippen molar-refractivity contribution >= 4 is 22.5 Å². The molecule has 2 aromatic rings. The van der Waals surface area contributed by atoms with Gasteiger partial charge in [0.1, 0.15) is 5.69 Å². The van der Waals surface area contributed by atoms with Crippen molar-refractivity contribution in [2.75, 3.05) is 10.6 Å². The molecule has 0 aliphatic rings. The third-order valence-corrected chi connectivity index (χ3v) is 4.48. The number of H-pyrrole nitrogens is 1. The second-order valence-electron chi connectivity index (χ2n) is 7.71. The summed E-state index contributed by atoms with van der Waals surface area (Å²) in [5, 5.41) is 3.48. The van der Waals surface area contributed by atoms with Crippen molar-refractivity contribution in [3.05, 3.63) is 76.2 Å². The smallest absolute Gasteiger partial charge is 0.294 e. The summed E-state index contributed by atoms with van der Waals surface area (Å²) in [6, 6.07) is 5.46. The molecule has 1 aromatic carbocycles. The number of aromatic amines is 1. The molecule has 30 heavy (non-hydrogen) atoms. The maximum atomic E-state index is 15.4. The Labute approximate surface area is 177 Å². The van der Waals surface area contributed by atoms with E-state index < -0.39 is 5.56 Å². The van der Waals surface area contributed by atoms with Crippen LogP contribution in [0.1, 0.15) is 50.1 Å². The van der Waals surface area contributed by atoms with Crippen molar-refractivity contribution in [2.24, 2.45) is 0 Å². The number of hydrogen-bond acceptors (Lipinski definition) is 4. The molecule has 6 heteroatoms. The number of rotatable bonds is 8. The Morgan fingerprint density at radius 2 is 1.93 bits per heavy atom. The molecule has 0 spiro atoms. The summed E-state index contributed by atoms with van der Waals surface area (Å²) in [6.07, 6.45) is 3.52. The van der Waals surface area contributed by atoms with Gasteiger partial charge < -0.3 is 15.1 Å². The molecule has 0 fully saturated rings. The van der Waals surface area contributed by atoms with Crippen molar-refractivity contribution in [2.45, 2.75) is 47.6 Å². The summed E-state index contributed by atoms with van der Waals surface area (Å²) in [7, 11) is 0. The fraction of sp³-hybridized carbons (Fsp3) is 0.292. The number of pyridine rings is 1. The second kappa shape index (κ2) is 9.48. The zero-order valence-electron chi connectivity index (χ0n) is 18.5. The third kappa shape index (κ3) is 5.20. The molecule has 0 aliphatic carbocycles. The molecule has 0 amide bonds. The van der Waals surface area contributed by atoms with Gasteiger partial charge in [-0.2, -0.15) is 0 Å². The lowest BCUT2D eigenvalue weighted by Gasteiger charge is -2.23. The Kier molecular flexibility index (Phi) is 7.27. The Bertz CT molecular complexity index is 1050. The van der Waals surface area contributed by atoms with E-state index in [-0.39, 0.29) is 22.8 Å². The van der Waals surface area contributed by atoms with Crippen LogP contribution in [0.25, 0.3) is 11.1 Å². The van der Waals surface area contributed by atoms with E-state index >= 15 is 4.48 Å². The molecule has 0 unspecified atom stereocenters. The van der Waals surface area contributed by atoms with E-state index in [2.05, 4.69) is 23.5 Å². The van der Waals surface area contributed by atoms with Crippen molar-refractivity contribution in [3.63, 3.8) is 0 Å². The molecule has 0 atom stereocenters. The largest absolute Gasteiger partial charge is 0.382 e. The predicted molar refractivity (Wildman–Crippen MR) is 125 cm³/mol. The summed E-state index contributed by atoms with van der Waals surface area (Å²) < 4.78 is 15.4. The van der Waals surface area contributed by atoms with Crippen LogP contribution in [0.5, 0.6) is 5.75 Å². The lowest BCUT2D eigenvalue weighted by Crippen LogP contribution is -2.25. The van der Waals surface area contributed by atoms with Gasteiger partial charge in [-0.15, -0.1) is 0 Å². The molecule has 2 rings (SSSR count). The number of benzene rings is 1. The lowest BCUT2D eigenvalue weighted by molar-refractivity contribution is 0.138. The van der Waals surface area contributed by atoms with Crippen LogP contribution < -0.4 is 21.0 Å². The number of aromatic nitrogens is 1. The summed E-state index contributed by atoms with van der Waals surface area (Å²) >= 11 is 0. The van der Waals surface area contributed by atoms with Gasteiger partial charge in [0.2, 0.25) is 5.75 Å². The van der Waals surface area contributed by atoms with E-state index in [0.717, 1.165) is 16.8 Å². The molecule has 0 bridgehead atoms. The number of halogens is 1. The maximum absolute atomic E-state index is 15.4. The van der Waals surface area contributed by atoms with E-state index in [1.807, 2.05) is 32.9 Å². The minimum absolute atomic E-state index is 0.0992. The fourth-order valence-corrected chi connectivity index (χ4v) is 3.22. The maximum Gasteiger partial charge on any atom is 0.294 e. The average Bonchev–Trinajstić information content (AvgIpc) is 2.63. The monoisotopic (exact) mass is 411 g/mol. The summed E-state index contributed by atoms with van der Waals surface area (Å²) in [6.45, 7) is 18.9. The average molecular weight is 412 g/mol. The van der Waals surface area contributed by atoms with Gasteiger partial charge in [0.05, 0.1) is 0 Å². The number of allylic oxidation sites excluding steroid dienone is 4. The normalized spacial score (nSPS) is 11.4. The zero-order valence-corrected chi connectivity index (χ0v) is 18.5. The van der Waals surface area contributed by atoms with Gasteiger partial charge in [0.15, 0.2) is 0 Å². The van der Waals surface area contributed by atoms with E-state index in [0.29, 0.717) is 22.4 Å². The van der Waals surface area contributed by atoms with Crippen LogP contribution in [0.4, 0.5) is 15.9 Å². The number of nitrogens with zero attached hydrogens (tertiary/aromatic N) is 1. The van der Waals surface area contributed by atoms with Gasteiger partial charge in [-0.05, 0) is 81.7 Å². The highest BCUT2D eigenvalue weighted by atomic mass is 19.2. The van der Waals surface area contributed by atoms with Crippen molar-refractivity contribution in [3.8, 4) is 5.75 Å². The first-order valence-corrected chi connectivity index (χ1v) is 9.79. The molecule has 160 valence electrons. The highest BCUT2D eigenvalue weighted by Crippen LogP contribution is 2.37.